The first-order valence-electron chi connectivity index (χ1n) is 25.4. The van der Waals surface area contributed by atoms with E-state index in [0.29, 0.717) is 30.3 Å². The summed E-state index contributed by atoms with van der Waals surface area (Å²) in [5.74, 6) is -0.983. The summed E-state index contributed by atoms with van der Waals surface area (Å²) in [6.45, 7) is 4.10. The van der Waals surface area contributed by atoms with Gasteiger partial charge in [0.1, 0.15) is 19.8 Å². The molecule has 0 saturated heterocycles. The van der Waals surface area contributed by atoms with Crippen LogP contribution in [0.25, 0.3) is 0 Å². The summed E-state index contributed by atoms with van der Waals surface area (Å²) in [4.78, 5) is 35.5. The lowest BCUT2D eigenvalue weighted by Gasteiger charge is -2.24. The van der Waals surface area contributed by atoms with Gasteiger partial charge in [-0.1, -0.05) is 189 Å². The molecule has 2 unspecified atom stereocenters. The number of phosphoric acid groups is 1. The van der Waals surface area contributed by atoms with Crippen molar-refractivity contribution in [2.24, 2.45) is 0 Å². The molecule has 0 saturated carbocycles. The molecule has 0 heterocycles. The van der Waals surface area contributed by atoms with E-state index in [1.807, 2.05) is 51.5 Å². The minimum Gasteiger partial charge on any atom is -0.462 e. The number of likely N-dealkylation sites (N-methyl/N-ethyl adjacent to an activating group) is 1. The van der Waals surface area contributed by atoms with E-state index >= 15 is 0 Å². The lowest BCUT2D eigenvalue weighted by molar-refractivity contribution is -0.870. The van der Waals surface area contributed by atoms with Gasteiger partial charge in [0.05, 0.1) is 33.9 Å². The number of rotatable bonds is 45. The number of aliphatic hydroxyl groups excluding tert-OH is 1. The SMILES string of the molecule is CC/C=C\C/C=C\C/C=C\C/C=C\C=C/C(O)C/C=C\CCC(=O)OC[C@H](COP(=O)(O)OCC[N+](C)(C)C)OC(=O)CCCCCCCCCCCCC/C=C\CCCCCCCC. The van der Waals surface area contributed by atoms with Crippen molar-refractivity contribution in [1.29, 1.82) is 0 Å². The Morgan fingerprint density at radius 1 is 0.569 bits per heavy atom. The van der Waals surface area contributed by atoms with Gasteiger partial charge < -0.3 is 24.0 Å². The summed E-state index contributed by atoms with van der Waals surface area (Å²) >= 11 is 0. The van der Waals surface area contributed by atoms with Crippen LogP contribution in [0.3, 0.4) is 0 Å². The minimum absolute atomic E-state index is 0.000319. The van der Waals surface area contributed by atoms with E-state index in [1.54, 1.807) is 6.08 Å². The second-order valence-electron chi connectivity index (χ2n) is 18.0. The fourth-order valence-corrected chi connectivity index (χ4v) is 7.27. The lowest BCUT2D eigenvalue weighted by atomic mass is 10.0. The van der Waals surface area contributed by atoms with Crippen molar-refractivity contribution in [2.45, 2.75) is 199 Å². The molecule has 10 nitrogen and oxygen atoms in total. The molecule has 0 aliphatic carbocycles. The maximum absolute atomic E-state index is 12.8. The number of esters is 2. The molecular weight excluding hydrogens is 838 g/mol. The van der Waals surface area contributed by atoms with Crippen molar-refractivity contribution >= 4 is 19.8 Å². The van der Waals surface area contributed by atoms with Crippen LogP contribution < -0.4 is 0 Å². The Morgan fingerprint density at radius 2 is 1.09 bits per heavy atom. The molecule has 0 bridgehead atoms. The van der Waals surface area contributed by atoms with E-state index in [1.165, 1.54) is 96.3 Å². The van der Waals surface area contributed by atoms with Crippen molar-refractivity contribution in [1.82, 2.24) is 0 Å². The fourth-order valence-electron chi connectivity index (χ4n) is 6.53. The minimum atomic E-state index is -4.43. The number of aliphatic hydroxyl groups is 1. The second-order valence-corrected chi connectivity index (χ2v) is 19.5. The summed E-state index contributed by atoms with van der Waals surface area (Å²) in [6.07, 6.45) is 55.3. The average Bonchev–Trinajstić information content (AvgIpc) is 3.26. The van der Waals surface area contributed by atoms with Crippen molar-refractivity contribution in [3.63, 3.8) is 0 Å². The zero-order valence-electron chi connectivity index (χ0n) is 41.8. The normalized spacial score (nSPS) is 14.6. The van der Waals surface area contributed by atoms with E-state index in [0.717, 1.165) is 44.9 Å². The molecule has 0 aliphatic heterocycles. The van der Waals surface area contributed by atoms with Crippen molar-refractivity contribution < 1.29 is 47.2 Å². The first kappa shape index (κ1) is 62.1. The van der Waals surface area contributed by atoms with Gasteiger partial charge in [0, 0.05) is 12.8 Å². The van der Waals surface area contributed by atoms with Crippen LogP contribution >= 0.6 is 7.82 Å². The number of nitrogens with zero attached hydrogens (tertiary/aromatic N) is 1. The number of quaternary nitrogens is 1. The fraction of sp³-hybridized carbons (Fsp3) is 0.704. The number of hydrogen-bond donors (Lipinski definition) is 2. The summed E-state index contributed by atoms with van der Waals surface area (Å²) in [7, 11) is 1.37. The van der Waals surface area contributed by atoms with Gasteiger partial charge in [0.2, 0.25) is 0 Å². The van der Waals surface area contributed by atoms with Gasteiger partial charge in [-0.2, -0.15) is 0 Å². The Balaban J connectivity index is 4.45. The van der Waals surface area contributed by atoms with Crippen molar-refractivity contribution in [3.8, 4) is 0 Å². The molecule has 0 aromatic carbocycles. The predicted octanol–water partition coefficient (Wildman–Crippen LogP) is 14.1. The van der Waals surface area contributed by atoms with Crippen LogP contribution in [0.5, 0.6) is 0 Å². The molecule has 0 radical (unpaired) electrons. The van der Waals surface area contributed by atoms with Gasteiger partial charge in [-0.15, -0.1) is 0 Å². The Labute approximate surface area is 397 Å². The van der Waals surface area contributed by atoms with Gasteiger partial charge in [-0.05, 0) is 70.6 Å². The molecule has 0 rings (SSSR count). The standard InChI is InChI=1S/C54H94NO9P/c1-6-8-10-12-14-16-18-20-21-22-23-24-25-26-27-29-31-33-35-37-41-46-54(58)64-52(50-63-65(59,60)62-48-47-55(3,4)5)49-61-53(57)45-42-38-40-44-51(56)43-39-36-34-32-30-28-19-17-15-13-11-9-7-2/h9,11,15,17,20-21,28,30,34,36,38-40,43,51-52,56H,6-8,10,12-14,16,18-19,22-27,29,31-33,35,37,41-42,44-50H2,1-5H3/p+1/b11-9-,17-15-,21-20-,30-28-,36-34-,40-38-,43-39-/t51?,52-/m1/s1. The number of ether oxygens (including phenoxy) is 2. The third-order valence-electron chi connectivity index (χ3n) is 10.5. The van der Waals surface area contributed by atoms with Gasteiger partial charge in [-0.25, -0.2) is 4.57 Å². The molecule has 2 N–H and O–H groups in total. The van der Waals surface area contributed by atoms with Crippen LogP contribution in [0, 0.1) is 0 Å². The van der Waals surface area contributed by atoms with Gasteiger partial charge >= 0.3 is 19.8 Å². The number of allylic oxidation sites excluding steroid dienone is 12. The Morgan fingerprint density at radius 3 is 1.66 bits per heavy atom. The molecule has 0 fully saturated rings. The van der Waals surface area contributed by atoms with Crippen molar-refractivity contribution in [3.05, 3.63) is 85.1 Å². The molecule has 0 aromatic rings. The van der Waals surface area contributed by atoms with E-state index in [-0.39, 0.29) is 26.1 Å². The van der Waals surface area contributed by atoms with Crippen molar-refractivity contribution in [2.75, 3.05) is 47.5 Å². The highest BCUT2D eigenvalue weighted by molar-refractivity contribution is 7.47. The van der Waals surface area contributed by atoms with E-state index in [4.69, 9.17) is 18.5 Å². The molecule has 374 valence electrons. The number of carbonyl (C=O) groups is 2. The number of carbonyl (C=O) groups excluding carboxylic acids is 2. The lowest BCUT2D eigenvalue weighted by Crippen LogP contribution is -2.37. The third kappa shape index (κ3) is 48.9. The van der Waals surface area contributed by atoms with Crippen LogP contribution in [-0.4, -0.2) is 86.1 Å². The van der Waals surface area contributed by atoms with Gasteiger partial charge in [0.25, 0.3) is 0 Å². The zero-order chi connectivity index (χ0) is 48.0. The molecule has 0 aromatic heterocycles. The topological polar surface area (TPSA) is 129 Å². The summed E-state index contributed by atoms with van der Waals surface area (Å²) < 4.78 is 34.3. The Kier molecular flexibility index (Phi) is 43.0. The van der Waals surface area contributed by atoms with Crippen LogP contribution in [0.4, 0.5) is 0 Å². The monoisotopic (exact) mass is 933 g/mol. The smallest absolute Gasteiger partial charge is 0.462 e. The molecule has 0 spiro atoms. The summed E-state index contributed by atoms with van der Waals surface area (Å²) in [6, 6.07) is 0. The van der Waals surface area contributed by atoms with Gasteiger partial charge in [0.15, 0.2) is 6.10 Å². The van der Waals surface area contributed by atoms with Crippen LogP contribution in [0.2, 0.25) is 0 Å². The van der Waals surface area contributed by atoms with E-state index in [9.17, 15) is 24.2 Å². The highest BCUT2D eigenvalue weighted by atomic mass is 31.2. The largest absolute Gasteiger partial charge is 0.472 e. The average molecular weight is 933 g/mol. The Hall–Kier alpha value is -2.85. The van der Waals surface area contributed by atoms with Crippen LogP contribution in [0.1, 0.15) is 187 Å². The maximum atomic E-state index is 12.8. The molecular formula is C54H95NO9P+. The Bertz CT molecular complexity index is 1390. The molecule has 0 aliphatic rings. The van der Waals surface area contributed by atoms with Gasteiger partial charge in [-0.3, -0.25) is 18.6 Å². The van der Waals surface area contributed by atoms with E-state index < -0.39 is 38.6 Å². The number of phosphoric ester groups is 1. The molecule has 65 heavy (non-hydrogen) atoms. The van der Waals surface area contributed by atoms with Crippen LogP contribution in [0.15, 0.2) is 85.1 Å². The van der Waals surface area contributed by atoms with Crippen LogP contribution in [-0.2, 0) is 32.7 Å². The summed E-state index contributed by atoms with van der Waals surface area (Å²) in [5.41, 5.74) is 0. The zero-order valence-corrected chi connectivity index (χ0v) is 42.7. The van der Waals surface area contributed by atoms with E-state index in [2.05, 4.69) is 62.5 Å². The predicted molar refractivity (Wildman–Crippen MR) is 271 cm³/mol. The second kappa shape index (κ2) is 45.0. The quantitative estimate of drug-likeness (QED) is 0.0153. The molecule has 0 amide bonds. The highest BCUT2D eigenvalue weighted by Crippen LogP contribution is 2.43. The maximum Gasteiger partial charge on any atom is 0.472 e. The molecule has 11 heteroatoms. The number of hydrogen-bond acceptors (Lipinski definition) is 8. The molecule has 3 atom stereocenters. The third-order valence-corrected chi connectivity index (χ3v) is 11.5. The first-order valence-corrected chi connectivity index (χ1v) is 26.9. The highest BCUT2D eigenvalue weighted by Gasteiger charge is 2.27. The first-order chi connectivity index (χ1) is 31.4. The summed E-state index contributed by atoms with van der Waals surface area (Å²) in [5, 5.41) is 10.2. The number of unbranched alkanes of at least 4 members (excludes halogenated alkanes) is 17.